The third-order valence-corrected chi connectivity index (χ3v) is 5.08. The second kappa shape index (κ2) is 5.96. The predicted octanol–water partition coefficient (Wildman–Crippen LogP) is 5.02. The molecule has 1 atom stereocenters. The molecular weight excluding hydrogens is 254 g/mol. The summed E-state index contributed by atoms with van der Waals surface area (Å²) in [5.74, 6) is 0. The van der Waals surface area contributed by atoms with Gasteiger partial charge in [-0.15, -0.1) is 0 Å². The second-order valence-corrected chi connectivity index (χ2v) is 7.74. The van der Waals surface area contributed by atoms with Crippen LogP contribution >= 0.6 is 0 Å². The molecule has 0 amide bonds. The van der Waals surface area contributed by atoms with Crippen LogP contribution in [0, 0.1) is 0 Å². The number of benzene rings is 1. The minimum atomic E-state index is 0.247. The molecule has 1 heteroatoms. The highest BCUT2D eigenvalue weighted by molar-refractivity contribution is 5.55. The van der Waals surface area contributed by atoms with Gasteiger partial charge in [-0.25, -0.2) is 0 Å². The lowest BCUT2D eigenvalue weighted by Gasteiger charge is -2.42. The first-order valence-electron chi connectivity index (χ1n) is 8.59. The van der Waals surface area contributed by atoms with Crippen LogP contribution in [0.15, 0.2) is 29.8 Å². The topological polar surface area (TPSA) is 3.24 Å². The summed E-state index contributed by atoms with van der Waals surface area (Å²) in [5.41, 5.74) is 4.72. The van der Waals surface area contributed by atoms with E-state index in [1.165, 1.54) is 56.3 Å². The molecule has 0 bridgehead atoms. The summed E-state index contributed by atoms with van der Waals surface area (Å²) in [6.07, 6.45) is 9.30. The highest BCUT2D eigenvalue weighted by atomic mass is 15.2. The van der Waals surface area contributed by atoms with Crippen LogP contribution in [0.25, 0.3) is 6.08 Å². The third-order valence-electron chi connectivity index (χ3n) is 5.08. The molecular formula is C20H29N. The summed E-state index contributed by atoms with van der Waals surface area (Å²) < 4.78 is 0. The van der Waals surface area contributed by atoms with Crippen LogP contribution < -0.4 is 0 Å². The van der Waals surface area contributed by atoms with Crippen molar-refractivity contribution < 1.29 is 0 Å². The number of hydrogen-bond acceptors (Lipinski definition) is 1. The van der Waals surface area contributed by atoms with Crippen molar-refractivity contribution in [3.05, 3.63) is 41.0 Å². The lowest BCUT2D eigenvalue weighted by atomic mass is 9.85. The summed E-state index contributed by atoms with van der Waals surface area (Å²) in [7, 11) is 0. The first-order valence-corrected chi connectivity index (χ1v) is 8.59. The molecule has 1 heterocycles. The van der Waals surface area contributed by atoms with Crippen molar-refractivity contribution >= 4 is 6.08 Å². The Kier molecular flexibility index (Phi) is 4.21. The van der Waals surface area contributed by atoms with Crippen LogP contribution in [-0.4, -0.2) is 24.0 Å². The van der Waals surface area contributed by atoms with E-state index in [-0.39, 0.29) is 5.41 Å². The van der Waals surface area contributed by atoms with Gasteiger partial charge in [0.2, 0.25) is 0 Å². The molecule has 0 radical (unpaired) electrons. The zero-order valence-electron chi connectivity index (χ0n) is 13.9. The predicted molar refractivity (Wildman–Crippen MR) is 91.6 cm³/mol. The maximum absolute atomic E-state index is 2.68. The molecule has 1 aromatic rings. The number of hydrogen-bond donors (Lipinski definition) is 0. The van der Waals surface area contributed by atoms with E-state index in [1.807, 2.05) is 0 Å². The quantitative estimate of drug-likeness (QED) is 0.737. The molecule has 1 saturated carbocycles. The molecule has 0 spiro atoms. The Balaban J connectivity index is 1.78. The van der Waals surface area contributed by atoms with Crippen LogP contribution in [0.3, 0.4) is 0 Å². The first kappa shape index (κ1) is 14.8. The van der Waals surface area contributed by atoms with Crippen LogP contribution in [0.5, 0.6) is 0 Å². The Bertz CT molecular complexity index is 500. The molecule has 2 fully saturated rings. The average Bonchev–Trinajstić information content (AvgIpc) is 2.39. The maximum atomic E-state index is 2.68. The molecule has 0 N–H and O–H groups in total. The summed E-state index contributed by atoms with van der Waals surface area (Å²) in [6, 6.07) is 9.93. The van der Waals surface area contributed by atoms with E-state index >= 15 is 0 Å². The maximum Gasteiger partial charge on any atom is 0.0310 e. The largest absolute Gasteiger partial charge is 0.297 e. The average molecular weight is 283 g/mol. The highest BCUT2D eigenvalue weighted by Gasteiger charge is 2.28. The molecule has 21 heavy (non-hydrogen) atoms. The van der Waals surface area contributed by atoms with Crippen molar-refractivity contribution in [2.24, 2.45) is 0 Å². The van der Waals surface area contributed by atoms with Crippen LogP contribution in [-0.2, 0) is 5.41 Å². The fraction of sp³-hybridized carbons (Fsp3) is 0.600. The van der Waals surface area contributed by atoms with Crippen molar-refractivity contribution in [3.8, 4) is 0 Å². The van der Waals surface area contributed by atoms with Gasteiger partial charge in [0.15, 0.2) is 0 Å². The Morgan fingerprint density at radius 1 is 1.00 bits per heavy atom. The smallest absolute Gasteiger partial charge is 0.0310 e. The fourth-order valence-electron chi connectivity index (χ4n) is 3.55. The van der Waals surface area contributed by atoms with Gasteiger partial charge >= 0.3 is 0 Å². The lowest BCUT2D eigenvalue weighted by molar-refractivity contribution is 0.121. The van der Waals surface area contributed by atoms with E-state index in [4.69, 9.17) is 0 Å². The zero-order valence-corrected chi connectivity index (χ0v) is 13.9. The summed E-state index contributed by atoms with van der Waals surface area (Å²) in [5, 5.41) is 0. The van der Waals surface area contributed by atoms with Crippen molar-refractivity contribution in [1.82, 2.24) is 4.90 Å². The molecule has 1 aliphatic heterocycles. The Morgan fingerprint density at radius 2 is 1.71 bits per heavy atom. The molecule has 1 aliphatic carbocycles. The minimum absolute atomic E-state index is 0.247. The molecule has 3 rings (SSSR count). The van der Waals surface area contributed by atoms with E-state index in [9.17, 15) is 0 Å². The van der Waals surface area contributed by atoms with Gasteiger partial charge < -0.3 is 0 Å². The normalized spacial score (nSPS) is 25.9. The van der Waals surface area contributed by atoms with Gasteiger partial charge in [-0.2, -0.15) is 0 Å². The van der Waals surface area contributed by atoms with E-state index < -0.39 is 0 Å². The van der Waals surface area contributed by atoms with Crippen LogP contribution in [0.1, 0.15) is 64.0 Å². The highest BCUT2D eigenvalue weighted by Crippen LogP contribution is 2.32. The summed E-state index contributed by atoms with van der Waals surface area (Å²) >= 11 is 0. The van der Waals surface area contributed by atoms with E-state index in [2.05, 4.69) is 56.0 Å². The van der Waals surface area contributed by atoms with Crippen molar-refractivity contribution in [3.63, 3.8) is 0 Å². The number of rotatable bonds is 2. The third kappa shape index (κ3) is 3.40. The molecule has 1 aromatic carbocycles. The summed E-state index contributed by atoms with van der Waals surface area (Å²) in [4.78, 5) is 2.68. The van der Waals surface area contributed by atoms with E-state index in [0.717, 1.165) is 6.04 Å². The molecule has 1 nitrogen and oxygen atoms in total. The number of nitrogens with zero attached hydrogens (tertiary/aromatic N) is 1. The van der Waals surface area contributed by atoms with Gasteiger partial charge in [-0.05, 0) is 55.3 Å². The molecule has 0 aromatic heterocycles. The molecule has 114 valence electrons. The molecule has 2 aliphatic rings. The fourth-order valence-corrected chi connectivity index (χ4v) is 3.55. The van der Waals surface area contributed by atoms with Crippen molar-refractivity contribution in [2.45, 2.75) is 64.3 Å². The van der Waals surface area contributed by atoms with Gasteiger partial charge in [0.25, 0.3) is 0 Å². The summed E-state index contributed by atoms with van der Waals surface area (Å²) in [6.45, 7) is 9.46. The Hall–Kier alpha value is -1.08. The Labute approximate surface area is 130 Å². The van der Waals surface area contributed by atoms with E-state index in [1.54, 1.807) is 5.57 Å². The first-order chi connectivity index (χ1) is 10.0. The van der Waals surface area contributed by atoms with Crippen LogP contribution in [0.4, 0.5) is 0 Å². The van der Waals surface area contributed by atoms with E-state index in [0.29, 0.717) is 0 Å². The molecule has 1 unspecified atom stereocenters. The van der Waals surface area contributed by atoms with Gasteiger partial charge in [0.05, 0.1) is 0 Å². The SMILES string of the molecule is CC(C)(C)c1ccc(/C=C2/CCCCC2N2CCC2)cc1. The zero-order chi connectivity index (χ0) is 14.9. The number of likely N-dealkylation sites (tertiary alicyclic amines) is 1. The van der Waals surface area contributed by atoms with Crippen molar-refractivity contribution in [2.75, 3.05) is 13.1 Å². The Morgan fingerprint density at radius 3 is 2.29 bits per heavy atom. The standard InChI is InChI=1S/C20H29N/c1-20(2,3)18-11-9-16(10-12-18)15-17-7-4-5-8-19(17)21-13-6-14-21/h9-12,15,19H,4-8,13-14H2,1-3H3/b17-15-. The molecule has 1 saturated heterocycles. The van der Waals surface area contributed by atoms with Gasteiger partial charge in [-0.1, -0.05) is 63.1 Å². The van der Waals surface area contributed by atoms with Gasteiger partial charge in [0.1, 0.15) is 0 Å². The second-order valence-electron chi connectivity index (χ2n) is 7.74. The van der Waals surface area contributed by atoms with Crippen molar-refractivity contribution in [1.29, 1.82) is 0 Å². The van der Waals surface area contributed by atoms with Crippen LogP contribution in [0.2, 0.25) is 0 Å². The monoisotopic (exact) mass is 283 g/mol. The van der Waals surface area contributed by atoms with Gasteiger partial charge in [-0.3, -0.25) is 4.90 Å². The van der Waals surface area contributed by atoms with Gasteiger partial charge in [0, 0.05) is 6.04 Å². The lowest BCUT2D eigenvalue weighted by Crippen LogP contribution is -2.46. The minimum Gasteiger partial charge on any atom is -0.297 e.